The summed E-state index contributed by atoms with van der Waals surface area (Å²) in [6.45, 7) is 3.36. The minimum absolute atomic E-state index is 0.134. The molecule has 0 unspecified atom stereocenters. The van der Waals surface area contributed by atoms with Gasteiger partial charge in [-0.05, 0) is 36.2 Å². The maximum Gasteiger partial charge on any atom is 0.265 e. The number of benzodiazepines with no additional fused rings is 1. The summed E-state index contributed by atoms with van der Waals surface area (Å²) in [7, 11) is -4.16. The van der Waals surface area contributed by atoms with Gasteiger partial charge in [0.25, 0.3) is 21.8 Å². The van der Waals surface area contributed by atoms with E-state index in [-0.39, 0.29) is 10.8 Å². The van der Waals surface area contributed by atoms with Crippen molar-refractivity contribution in [2.45, 2.75) is 31.2 Å². The van der Waals surface area contributed by atoms with Crippen LogP contribution in [-0.4, -0.2) is 43.5 Å². The van der Waals surface area contributed by atoms with Crippen LogP contribution >= 0.6 is 11.6 Å². The van der Waals surface area contributed by atoms with Crippen LogP contribution in [0.15, 0.2) is 82.9 Å². The van der Waals surface area contributed by atoms with E-state index < -0.39 is 34.4 Å². The van der Waals surface area contributed by atoms with Gasteiger partial charge in [-0.1, -0.05) is 62.2 Å². The fourth-order valence-corrected chi connectivity index (χ4v) is 5.06. The fraction of sp³-hybridized carbons (Fsp3) is 0.231. The first-order valence-corrected chi connectivity index (χ1v) is 13.3. The van der Waals surface area contributed by atoms with Crippen LogP contribution in [0, 0.1) is 5.92 Å². The number of hydrogen-bond donors (Lipinski definition) is 1. The summed E-state index contributed by atoms with van der Waals surface area (Å²) in [5.74, 6) is -1.39. The van der Waals surface area contributed by atoms with Gasteiger partial charge in [0.1, 0.15) is 17.5 Å². The average Bonchev–Trinajstić information content (AvgIpc) is 2.99. The van der Waals surface area contributed by atoms with Crippen molar-refractivity contribution in [3.63, 3.8) is 0 Å². The van der Waals surface area contributed by atoms with Gasteiger partial charge >= 0.3 is 0 Å². The number of aromatic nitrogens is 1. The quantitative estimate of drug-likeness (QED) is 0.505. The number of halogens is 1. The molecule has 186 valence electrons. The molecule has 3 aromatic rings. The minimum Gasteiger partial charge on any atom is -0.300 e. The van der Waals surface area contributed by atoms with Crippen molar-refractivity contribution < 1.29 is 18.0 Å². The number of nitrogens with one attached hydrogen (secondary N) is 1. The molecule has 2 aromatic carbocycles. The van der Waals surface area contributed by atoms with Crippen LogP contribution < -0.4 is 9.62 Å². The Morgan fingerprint density at radius 2 is 1.89 bits per heavy atom. The number of rotatable bonds is 7. The lowest BCUT2D eigenvalue weighted by atomic mass is 9.98. The van der Waals surface area contributed by atoms with Crippen LogP contribution in [0.4, 0.5) is 5.69 Å². The molecule has 1 aliphatic rings. The Morgan fingerprint density at radius 3 is 2.56 bits per heavy atom. The van der Waals surface area contributed by atoms with Crippen molar-refractivity contribution in [2.24, 2.45) is 10.9 Å². The first kappa shape index (κ1) is 25.5. The summed E-state index contributed by atoms with van der Waals surface area (Å²) >= 11 is 6.33. The number of fused-ring (bicyclic) bond motifs is 1. The van der Waals surface area contributed by atoms with Crippen LogP contribution in [-0.2, 0) is 19.6 Å². The number of aliphatic imine (C=N–C) groups is 1. The number of anilines is 1. The smallest absolute Gasteiger partial charge is 0.265 e. The Bertz CT molecular complexity index is 1410. The number of nitrogens with zero attached hydrogens (tertiary/aromatic N) is 3. The number of hydrogen-bond acceptors (Lipinski definition) is 6. The molecule has 0 saturated carbocycles. The highest BCUT2D eigenvalue weighted by atomic mass is 35.5. The van der Waals surface area contributed by atoms with Gasteiger partial charge in [-0.15, -0.1) is 0 Å². The second-order valence-corrected chi connectivity index (χ2v) is 10.6. The van der Waals surface area contributed by atoms with Crippen molar-refractivity contribution in [1.29, 1.82) is 0 Å². The molecule has 8 nitrogen and oxygen atoms in total. The zero-order chi connectivity index (χ0) is 25.9. The minimum atomic E-state index is -4.16. The molecular weight excluding hydrogens is 500 g/mol. The summed E-state index contributed by atoms with van der Waals surface area (Å²) in [5, 5.41) is 0.440. The highest BCUT2D eigenvalue weighted by Gasteiger charge is 2.36. The van der Waals surface area contributed by atoms with E-state index in [1.54, 1.807) is 18.2 Å². The maximum atomic E-state index is 13.8. The molecule has 2 atom stereocenters. The topological polar surface area (TPSA) is 109 Å². The molecule has 1 N–H and O–H groups in total. The predicted molar refractivity (Wildman–Crippen MR) is 139 cm³/mol. The van der Waals surface area contributed by atoms with E-state index in [0.717, 1.165) is 11.8 Å². The third-order valence-corrected chi connectivity index (χ3v) is 7.61. The fourth-order valence-electron chi connectivity index (χ4n) is 3.95. The molecule has 0 spiro atoms. The normalized spacial score (nSPS) is 16.5. The van der Waals surface area contributed by atoms with E-state index in [1.165, 1.54) is 23.2 Å². The van der Waals surface area contributed by atoms with Gasteiger partial charge < -0.3 is 4.90 Å². The lowest BCUT2D eigenvalue weighted by molar-refractivity contribution is -0.124. The van der Waals surface area contributed by atoms with Gasteiger partial charge in [0.2, 0.25) is 0 Å². The average molecular weight is 525 g/mol. The zero-order valence-electron chi connectivity index (χ0n) is 19.8. The van der Waals surface area contributed by atoms with Crippen molar-refractivity contribution in [3.8, 4) is 0 Å². The van der Waals surface area contributed by atoms with Crippen LogP contribution in [0.5, 0.6) is 0 Å². The van der Waals surface area contributed by atoms with Gasteiger partial charge in [0.15, 0.2) is 0 Å². The highest BCUT2D eigenvalue weighted by Crippen LogP contribution is 2.33. The van der Waals surface area contributed by atoms with Crippen molar-refractivity contribution in [1.82, 2.24) is 9.71 Å². The number of sulfonamides is 1. The van der Waals surface area contributed by atoms with Crippen molar-refractivity contribution in [2.75, 3.05) is 11.4 Å². The number of amides is 2. The summed E-state index contributed by atoms with van der Waals surface area (Å²) in [4.78, 5) is 36.5. The Morgan fingerprint density at radius 1 is 1.14 bits per heavy atom. The van der Waals surface area contributed by atoms with Crippen LogP contribution in [0.2, 0.25) is 5.02 Å². The van der Waals surface area contributed by atoms with Crippen LogP contribution in [0.1, 0.15) is 31.4 Å². The molecule has 10 heteroatoms. The first-order chi connectivity index (χ1) is 17.2. The van der Waals surface area contributed by atoms with Gasteiger partial charge in [-0.2, -0.15) is 0 Å². The standard InChI is InChI=1S/C26H25ClN4O4S/c1-3-17(2)24-26(33)31(16-23(32)30-36(34,35)20-10-7-13-28-15-20)22-12-11-19(27)14-21(22)25(29-24)18-8-5-4-6-9-18/h4-15,17,24H,3,16H2,1-2H3,(H,30,32)/t17-,24-/m0/s1. The summed E-state index contributed by atoms with van der Waals surface area (Å²) in [6, 6.07) is 16.4. The molecule has 36 heavy (non-hydrogen) atoms. The molecule has 1 aromatic heterocycles. The summed E-state index contributed by atoms with van der Waals surface area (Å²) < 4.78 is 27.4. The van der Waals surface area contributed by atoms with E-state index in [9.17, 15) is 18.0 Å². The Balaban J connectivity index is 1.77. The largest absolute Gasteiger partial charge is 0.300 e. The molecule has 0 saturated heterocycles. The number of pyridine rings is 1. The molecule has 0 fully saturated rings. The molecule has 2 heterocycles. The lowest BCUT2D eigenvalue weighted by Gasteiger charge is -2.26. The van der Waals surface area contributed by atoms with E-state index in [1.807, 2.05) is 48.9 Å². The third kappa shape index (κ3) is 5.32. The van der Waals surface area contributed by atoms with Crippen LogP contribution in [0.3, 0.4) is 0 Å². The molecule has 4 rings (SSSR count). The summed E-state index contributed by atoms with van der Waals surface area (Å²) in [6.07, 6.45) is 3.25. The highest BCUT2D eigenvalue weighted by molar-refractivity contribution is 7.90. The first-order valence-electron chi connectivity index (χ1n) is 11.4. The molecule has 0 aliphatic carbocycles. The maximum absolute atomic E-state index is 13.8. The Labute approximate surface area is 215 Å². The van der Waals surface area contributed by atoms with Gasteiger partial charge in [0.05, 0.1) is 11.4 Å². The van der Waals surface area contributed by atoms with Crippen molar-refractivity contribution >= 4 is 44.8 Å². The predicted octanol–water partition coefficient (Wildman–Crippen LogP) is 3.84. The monoisotopic (exact) mass is 524 g/mol. The molecule has 0 bridgehead atoms. The number of carbonyl (C=O) groups is 2. The SMILES string of the molecule is CC[C@H](C)[C@@H]1N=C(c2ccccc2)c2cc(Cl)ccc2N(CC(=O)NS(=O)(=O)c2cccnc2)C1=O. The zero-order valence-corrected chi connectivity index (χ0v) is 21.3. The molecule has 0 radical (unpaired) electrons. The molecule has 1 aliphatic heterocycles. The second kappa shape index (κ2) is 10.6. The lowest BCUT2D eigenvalue weighted by Crippen LogP contribution is -2.47. The number of benzene rings is 2. The van der Waals surface area contributed by atoms with Gasteiger partial charge in [-0.25, -0.2) is 13.1 Å². The molecular formula is C26H25ClN4O4S. The summed E-state index contributed by atoms with van der Waals surface area (Å²) in [5.41, 5.74) is 2.38. The second-order valence-electron chi connectivity index (χ2n) is 8.48. The van der Waals surface area contributed by atoms with Crippen LogP contribution in [0.25, 0.3) is 0 Å². The number of carbonyl (C=O) groups excluding carboxylic acids is 2. The van der Waals surface area contributed by atoms with Crippen molar-refractivity contribution in [3.05, 3.63) is 89.2 Å². The Kier molecular flexibility index (Phi) is 7.51. The van der Waals surface area contributed by atoms with E-state index in [2.05, 4.69) is 4.98 Å². The van der Waals surface area contributed by atoms with Gasteiger partial charge in [0, 0.05) is 28.5 Å². The van der Waals surface area contributed by atoms with E-state index in [0.29, 0.717) is 28.4 Å². The van der Waals surface area contributed by atoms with E-state index in [4.69, 9.17) is 16.6 Å². The third-order valence-electron chi connectivity index (χ3n) is 6.02. The van der Waals surface area contributed by atoms with E-state index >= 15 is 0 Å². The Hall–Kier alpha value is -3.56. The molecule has 2 amide bonds. The van der Waals surface area contributed by atoms with Gasteiger partial charge in [-0.3, -0.25) is 19.6 Å².